The molecular weight excluding hydrogens is 236 g/mol. The van der Waals surface area contributed by atoms with Crippen molar-refractivity contribution in [3.63, 3.8) is 0 Å². The summed E-state index contributed by atoms with van der Waals surface area (Å²) in [5.41, 5.74) is 0. The van der Waals surface area contributed by atoms with Crippen molar-refractivity contribution in [3.8, 4) is 0 Å². The smallest absolute Gasteiger partial charge is 0.150 e. The van der Waals surface area contributed by atoms with E-state index in [0.29, 0.717) is 29.5 Å². The third-order valence-corrected chi connectivity index (χ3v) is 6.07. The van der Waals surface area contributed by atoms with Gasteiger partial charge in [-0.25, -0.2) is 8.42 Å². The van der Waals surface area contributed by atoms with Gasteiger partial charge in [-0.3, -0.25) is 0 Å². The number of hydrogen-bond acceptors (Lipinski definition) is 4. The Hall–Kier alpha value is -0.130. The summed E-state index contributed by atoms with van der Waals surface area (Å²) < 4.78 is 22.7. The zero-order valence-electron chi connectivity index (χ0n) is 10.9. The van der Waals surface area contributed by atoms with E-state index in [0.717, 1.165) is 19.5 Å². The highest BCUT2D eigenvalue weighted by Crippen LogP contribution is 2.19. The third kappa shape index (κ3) is 3.66. The van der Waals surface area contributed by atoms with E-state index in [-0.39, 0.29) is 0 Å². The van der Waals surface area contributed by atoms with Crippen molar-refractivity contribution in [2.45, 2.75) is 38.3 Å². The first kappa shape index (κ1) is 13.3. The summed E-state index contributed by atoms with van der Waals surface area (Å²) in [7, 11) is -0.545. The molecule has 17 heavy (non-hydrogen) atoms. The van der Waals surface area contributed by atoms with Crippen molar-refractivity contribution in [2.24, 2.45) is 5.92 Å². The van der Waals surface area contributed by atoms with Crippen molar-refractivity contribution in [1.82, 2.24) is 10.2 Å². The van der Waals surface area contributed by atoms with Gasteiger partial charge in [0.2, 0.25) is 0 Å². The average molecular weight is 260 g/mol. The number of nitrogens with one attached hydrogen (secondary N) is 1. The van der Waals surface area contributed by atoms with Crippen molar-refractivity contribution in [2.75, 3.05) is 31.6 Å². The second-order valence-corrected chi connectivity index (χ2v) is 7.96. The van der Waals surface area contributed by atoms with E-state index in [2.05, 4.69) is 24.2 Å². The van der Waals surface area contributed by atoms with Gasteiger partial charge in [0, 0.05) is 12.1 Å². The van der Waals surface area contributed by atoms with Gasteiger partial charge >= 0.3 is 0 Å². The molecule has 0 aromatic rings. The highest BCUT2D eigenvalue weighted by molar-refractivity contribution is 7.91. The molecule has 2 aliphatic rings. The van der Waals surface area contributed by atoms with Crippen LogP contribution in [-0.2, 0) is 9.84 Å². The Labute approximate surface area is 105 Å². The highest BCUT2D eigenvalue weighted by atomic mass is 32.2. The maximum Gasteiger partial charge on any atom is 0.150 e. The summed E-state index contributed by atoms with van der Waals surface area (Å²) in [6.07, 6.45) is 3.20. The predicted molar refractivity (Wildman–Crippen MR) is 69.9 cm³/mol. The van der Waals surface area contributed by atoms with E-state index >= 15 is 0 Å². The molecule has 2 rings (SSSR count). The van der Waals surface area contributed by atoms with Crippen LogP contribution in [0.1, 0.15) is 26.2 Å². The van der Waals surface area contributed by atoms with E-state index in [1.54, 1.807) is 0 Å². The van der Waals surface area contributed by atoms with Crippen LogP contribution in [0.15, 0.2) is 0 Å². The maximum atomic E-state index is 11.4. The summed E-state index contributed by atoms with van der Waals surface area (Å²) in [6.45, 7) is 4.27. The molecule has 2 saturated heterocycles. The second kappa shape index (κ2) is 5.24. The lowest BCUT2D eigenvalue weighted by molar-refractivity contribution is 0.166. The summed E-state index contributed by atoms with van der Waals surface area (Å²) in [5.74, 6) is 1.13. The Bertz CT molecular complexity index is 356. The van der Waals surface area contributed by atoms with E-state index < -0.39 is 9.84 Å². The zero-order valence-corrected chi connectivity index (χ0v) is 11.7. The Morgan fingerprint density at radius 3 is 2.71 bits per heavy atom. The summed E-state index contributed by atoms with van der Waals surface area (Å²) >= 11 is 0. The molecular formula is C12H24N2O2S. The summed E-state index contributed by atoms with van der Waals surface area (Å²) in [4.78, 5) is 2.39. The van der Waals surface area contributed by atoms with Crippen molar-refractivity contribution >= 4 is 9.84 Å². The first-order valence-electron chi connectivity index (χ1n) is 6.60. The van der Waals surface area contributed by atoms with Crippen LogP contribution in [0.25, 0.3) is 0 Å². The minimum atomic E-state index is -2.72. The molecule has 3 unspecified atom stereocenters. The lowest BCUT2D eigenvalue weighted by atomic mass is 9.98. The molecule has 0 saturated carbocycles. The van der Waals surface area contributed by atoms with Gasteiger partial charge in [-0.05, 0) is 52.2 Å². The molecule has 5 heteroatoms. The van der Waals surface area contributed by atoms with Gasteiger partial charge in [0.1, 0.15) is 0 Å². The largest absolute Gasteiger partial charge is 0.314 e. The van der Waals surface area contributed by atoms with Crippen LogP contribution in [0, 0.1) is 5.92 Å². The van der Waals surface area contributed by atoms with Crippen molar-refractivity contribution < 1.29 is 8.42 Å². The first-order valence-corrected chi connectivity index (χ1v) is 8.42. The van der Waals surface area contributed by atoms with Crippen LogP contribution >= 0.6 is 0 Å². The van der Waals surface area contributed by atoms with Crippen LogP contribution in [0.3, 0.4) is 0 Å². The van der Waals surface area contributed by atoms with E-state index in [9.17, 15) is 8.42 Å². The molecule has 0 amide bonds. The predicted octanol–water partition coefficient (Wildman–Crippen LogP) is 0.493. The number of sulfone groups is 1. The fourth-order valence-electron chi connectivity index (χ4n) is 2.84. The molecule has 0 spiro atoms. The second-order valence-electron chi connectivity index (χ2n) is 5.73. The van der Waals surface area contributed by atoms with Crippen LogP contribution in [0.5, 0.6) is 0 Å². The Morgan fingerprint density at radius 1 is 1.35 bits per heavy atom. The molecule has 100 valence electrons. The molecule has 2 aliphatic heterocycles. The molecule has 0 aliphatic carbocycles. The average Bonchev–Trinajstić information content (AvgIpc) is 2.60. The van der Waals surface area contributed by atoms with Gasteiger partial charge in [-0.15, -0.1) is 0 Å². The Kier molecular flexibility index (Phi) is 4.10. The topological polar surface area (TPSA) is 49.4 Å². The molecule has 2 fully saturated rings. The first-order chi connectivity index (χ1) is 7.96. The van der Waals surface area contributed by atoms with Crippen LogP contribution in [0.2, 0.25) is 0 Å². The van der Waals surface area contributed by atoms with Gasteiger partial charge in [0.15, 0.2) is 9.84 Å². The fourth-order valence-corrected chi connectivity index (χ4v) is 4.70. The standard InChI is InChI=1S/C12H24N2O2S/c1-10-7-12(3-5-14(10)2)13-8-11-4-6-17(15,16)9-11/h10-13H,3-9H2,1-2H3. The lowest BCUT2D eigenvalue weighted by Gasteiger charge is -2.35. The van der Waals surface area contributed by atoms with Gasteiger partial charge in [0.25, 0.3) is 0 Å². The number of piperidine rings is 1. The van der Waals surface area contributed by atoms with Gasteiger partial charge in [-0.1, -0.05) is 0 Å². The molecule has 0 aromatic carbocycles. The Morgan fingerprint density at radius 2 is 2.12 bits per heavy atom. The van der Waals surface area contributed by atoms with E-state index in [4.69, 9.17) is 0 Å². The highest BCUT2D eigenvalue weighted by Gasteiger charge is 2.29. The lowest BCUT2D eigenvalue weighted by Crippen LogP contribution is -2.46. The summed E-state index contributed by atoms with van der Waals surface area (Å²) in [5, 5.41) is 3.56. The molecule has 0 aromatic heterocycles. The molecule has 2 heterocycles. The molecule has 4 nitrogen and oxygen atoms in total. The van der Waals surface area contributed by atoms with Gasteiger partial charge in [-0.2, -0.15) is 0 Å². The molecule has 0 bridgehead atoms. The number of hydrogen-bond donors (Lipinski definition) is 1. The minimum Gasteiger partial charge on any atom is -0.314 e. The normalized spacial score (nSPS) is 38.4. The van der Waals surface area contributed by atoms with Crippen LogP contribution in [0.4, 0.5) is 0 Å². The maximum absolute atomic E-state index is 11.4. The van der Waals surface area contributed by atoms with E-state index in [1.807, 2.05) is 0 Å². The Balaban J connectivity index is 1.72. The minimum absolute atomic E-state index is 0.343. The van der Waals surface area contributed by atoms with Gasteiger partial charge < -0.3 is 10.2 Å². The number of rotatable bonds is 3. The van der Waals surface area contributed by atoms with E-state index in [1.165, 1.54) is 12.8 Å². The summed E-state index contributed by atoms with van der Waals surface area (Å²) in [6, 6.07) is 1.21. The molecule has 1 N–H and O–H groups in total. The fraction of sp³-hybridized carbons (Fsp3) is 1.00. The van der Waals surface area contributed by atoms with Gasteiger partial charge in [0.05, 0.1) is 11.5 Å². The quantitative estimate of drug-likeness (QED) is 0.802. The van der Waals surface area contributed by atoms with Crippen LogP contribution < -0.4 is 5.32 Å². The number of nitrogens with zero attached hydrogens (tertiary/aromatic N) is 1. The third-order valence-electron chi connectivity index (χ3n) is 4.23. The SMILES string of the molecule is CC1CC(NCC2CCS(=O)(=O)C2)CCN1C. The monoisotopic (exact) mass is 260 g/mol. The van der Waals surface area contributed by atoms with Crippen molar-refractivity contribution in [3.05, 3.63) is 0 Å². The molecule has 3 atom stereocenters. The zero-order chi connectivity index (χ0) is 12.5. The van der Waals surface area contributed by atoms with Crippen LogP contribution in [-0.4, -0.2) is 57.0 Å². The van der Waals surface area contributed by atoms with Crippen molar-refractivity contribution in [1.29, 1.82) is 0 Å². The number of likely N-dealkylation sites (tertiary alicyclic amines) is 1. The molecule has 0 radical (unpaired) electrons.